The fourth-order valence-electron chi connectivity index (χ4n) is 5.34. The van der Waals surface area contributed by atoms with Crippen LogP contribution in [0, 0.1) is 12.7 Å². The van der Waals surface area contributed by atoms with Crippen molar-refractivity contribution in [2.75, 3.05) is 29.4 Å². The number of nitrogens with one attached hydrogen (secondary N) is 3. The average molecular weight is 617 g/mol. The van der Waals surface area contributed by atoms with Gasteiger partial charge in [-0.1, -0.05) is 30.3 Å². The van der Waals surface area contributed by atoms with Gasteiger partial charge in [-0.15, -0.1) is 0 Å². The highest BCUT2D eigenvalue weighted by molar-refractivity contribution is 7.92. The fraction of sp³-hybridized carbons (Fsp3) is 0.265. The van der Waals surface area contributed by atoms with Crippen LogP contribution in [-0.2, 0) is 23.1 Å². The van der Waals surface area contributed by atoms with Crippen molar-refractivity contribution >= 4 is 27.3 Å². The second-order valence-electron chi connectivity index (χ2n) is 11.1. The van der Waals surface area contributed by atoms with Gasteiger partial charge in [0, 0.05) is 36.1 Å². The largest absolute Gasteiger partial charge is 0.457 e. The summed E-state index contributed by atoms with van der Waals surface area (Å²) in [4.78, 5) is 15.5. The molecule has 0 radical (unpaired) electrons. The van der Waals surface area contributed by atoms with Crippen molar-refractivity contribution in [2.24, 2.45) is 0 Å². The van der Waals surface area contributed by atoms with Crippen molar-refractivity contribution in [1.82, 2.24) is 10.2 Å². The lowest BCUT2D eigenvalue weighted by atomic mass is 9.99. The maximum Gasteiger partial charge on any atom is 0.256 e. The van der Waals surface area contributed by atoms with Crippen LogP contribution in [0.4, 0.5) is 15.8 Å². The summed E-state index contributed by atoms with van der Waals surface area (Å²) in [6.07, 6.45) is 3.13. The Morgan fingerprint density at radius 2 is 1.50 bits per heavy atom. The van der Waals surface area contributed by atoms with Crippen LogP contribution in [0.2, 0.25) is 0 Å². The Kier molecular flexibility index (Phi) is 9.94. The highest BCUT2D eigenvalue weighted by Crippen LogP contribution is 2.25. The van der Waals surface area contributed by atoms with Crippen LogP contribution in [-0.4, -0.2) is 44.6 Å². The number of aryl methyl sites for hydroxylation is 1. The predicted octanol–water partition coefficient (Wildman–Crippen LogP) is 6.30. The molecule has 1 fully saturated rings. The number of nitrogens with zero attached hydrogens (tertiary/aromatic N) is 1. The molecule has 3 N–H and O–H groups in total. The lowest BCUT2D eigenvalue weighted by Crippen LogP contribution is -2.42. The Labute approximate surface area is 258 Å². The average Bonchev–Trinajstić information content (AvgIpc) is 2.99. The predicted molar refractivity (Wildman–Crippen MR) is 172 cm³/mol. The maximum atomic E-state index is 13.3. The molecule has 0 spiro atoms. The summed E-state index contributed by atoms with van der Waals surface area (Å²) in [7, 11) is -3.32. The van der Waals surface area contributed by atoms with Gasteiger partial charge in [0.1, 0.15) is 17.3 Å². The standard InChI is InChI=1S/C34H37FN4O4S/c1-24-4-3-5-26(33(24)34(40)37-29-10-8-27(35)9-11-29)22-36-28-18-20-39(21-19-28)23-25-6-14-31(15-7-25)43-32-16-12-30(13-17-32)38-44(2,41)42/h3-17,28,36,38H,18-23H2,1-2H3,(H,37,40). The zero-order valence-electron chi connectivity index (χ0n) is 24.8. The molecule has 5 rings (SSSR count). The molecule has 4 aromatic rings. The number of sulfonamides is 1. The highest BCUT2D eigenvalue weighted by atomic mass is 32.2. The van der Waals surface area contributed by atoms with E-state index in [4.69, 9.17) is 4.74 Å². The van der Waals surface area contributed by atoms with E-state index in [1.807, 2.05) is 37.3 Å². The lowest BCUT2D eigenvalue weighted by Gasteiger charge is -2.32. The Morgan fingerprint density at radius 3 is 2.14 bits per heavy atom. The minimum atomic E-state index is -3.32. The van der Waals surface area contributed by atoms with E-state index >= 15 is 0 Å². The minimum Gasteiger partial charge on any atom is -0.457 e. The summed E-state index contributed by atoms with van der Waals surface area (Å²) < 4.78 is 44.4. The van der Waals surface area contributed by atoms with Crippen LogP contribution in [0.1, 0.15) is 39.9 Å². The van der Waals surface area contributed by atoms with Crippen molar-refractivity contribution in [3.05, 3.63) is 119 Å². The van der Waals surface area contributed by atoms with Gasteiger partial charge in [-0.25, -0.2) is 12.8 Å². The molecule has 1 heterocycles. The number of hydrogen-bond acceptors (Lipinski definition) is 6. The van der Waals surface area contributed by atoms with Gasteiger partial charge in [-0.05, 0) is 110 Å². The third-order valence-electron chi connectivity index (χ3n) is 7.58. The van der Waals surface area contributed by atoms with E-state index in [9.17, 15) is 17.6 Å². The van der Waals surface area contributed by atoms with Crippen LogP contribution in [0.25, 0.3) is 0 Å². The van der Waals surface area contributed by atoms with E-state index in [-0.39, 0.29) is 11.7 Å². The summed E-state index contributed by atoms with van der Waals surface area (Å²) >= 11 is 0. The molecule has 0 bridgehead atoms. The van der Waals surface area contributed by atoms with Crippen molar-refractivity contribution in [3.63, 3.8) is 0 Å². The smallest absolute Gasteiger partial charge is 0.256 e. The van der Waals surface area contributed by atoms with E-state index in [0.717, 1.165) is 49.9 Å². The number of rotatable bonds is 11. The van der Waals surface area contributed by atoms with Crippen LogP contribution in [0.5, 0.6) is 11.5 Å². The van der Waals surface area contributed by atoms with E-state index in [1.165, 1.54) is 17.7 Å². The van der Waals surface area contributed by atoms with Crippen molar-refractivity contribution in [3.8, 4) is 11.5 Å². The molecule has 1 aliphatic heterocycles. The summed E-state index contributed by atoms with van der Waals surface area (Å²) in [5.74, 6) is 0.794. The van der Waals surface area contributed by atoms with Gasteiger partial charge >= 0.3 is 0 Å². The summed E-state index contributed by atoms with van der Waals surface area (Å²) in [5.41, 5.74) is 4.73. The molecule has 230 valence electrons. The Bertz CT molecular complexity index is 1670. The molecule has 44 heavy (non-hydrogen) atoms. The van der Waals surface area contributed by atoms with Crippen molar-refractivity contribution < 1.29 is 22.3 Å². The molecule has 0 unspecified atom stereocenters. The number of carbonyl (C=O) groups is 1. The zero-order chi connectivity index (χ0) is 31.1. The van der Waals surface area contributed by atoms with Gasteiger partial charge < -0.3 is 15.4 Å². The number of halogens is 1. The van der Waals surface area contributed by atoms with Gasteiger partial charge in [-0.2, -0.15) is 0 Å². The van der Waals surface area contributed by atoms with Crippen LogP contribution < -0.4 is 20.1 Å². The normalized spacial score (nSPS) is 14.2. The Morgan fingerprint density at radius 1 is 0.886 bits per heavy atom. The second-order valence-corrected chi connectivity index (χ2v) is 12.9. The number of carbonyl (C=O) groups excluding carboxylic acids is 1. The molecule has 4 aromatic carbocycles. The highest BCUT2D eigenvalue weighted by Gasteiger charge is 2.21. The van der Waals surface area contributed by atoms with Crippen molar-refractivity contribution in [1.29, 1.82) is 0 Å². The molecule has 8 nitrogen and oxygen atoms in total. The van der Waals surface area contributed by atoms with Crippen molar-refractivity contribution in [2.45, 2.75) is 38.9 Å². The van der Waals surface area contributed by atoms with Crippen LogP contribution in [0.3, 0.4) is 0 Å². The first-order valence-corrected chi connectivity index (χ1v) is 16.5. The fourth-order valence-corrected chi connectivity index (χ4v) is 5.90. The lowest BCUT2D eigenvalue weighted by molar-refractivity contribution is 0.102. The van der Waals surface area contributed by atoms with Gasteiger partial charge in [0.15, 0.2) is 0 Å². The third-order valence-corrected chi connectivity index (χ3v) is 8.19. The first kappa shape index (κ1) is 31.2. The zero-order valence-corrected chi connectivity index (χ0v) is 25.7. The van der Waals surface area contributed by atoms with Gasteiger partial charge in [0.25, 0.3) is 5.91 Å². The van der Waals surface area contributed by atoms with E-state index in [2.05, 4.69) is 32.4 Å². The molecule has 1 amide bonds. The molecule has 10 heteroatoms. The molecular weight excluding hydrogens is 579 g/mol. The summed E-state index contributed by atoms with van der Waals surface area (Å²) in [6.45, 7) is 5.31. The SMILES string of the molecule is Cc1cccc(CNC2CCN(Cc3ccc(Oc4ccc(NS(C)(=O)=O)cc4)cc3)CC2)c1C(=O)Nc1ccc(F)cc1. The van der Waals surface area contributed by atoms with E-state index in [1.54, 1.807) is 36.4 Å². The third kappa shape index (κ3) is 8.89. The van der Waals surface area contributed by atoms with Crippen LogP contribution in [0.15, 0.2) is 91.0 Å². The molecule has 0 aliphatic carbocycles. The van der Waals surface area contributed by atoms with E-state index < -0.39 is 10.0 Å². The van der Waals surface area contributed by atoms with Gasteiger partial charge in [-0.3, -0.25) is 14.4 Å². The maximum absolute atomic E-state index is 13.3. The number of anilines is 2. The summed E-state index contributed by atoms with van der Waals surface area (Å²) in [5, 5.41) is 6.54. The first-order valence-electron chi connectivity index (χ1n) is 14.6. The van der Waals surface area contributed by atoms with E-state index in [0.29, 0.717) is 41.0 Å². The molecule has 0 saturated carbocycles. The quantitative estimate of drug-likeness (QED) is 0.183. The van der Waals surface area contributed by atoms with Gasteiger partial charge in [0.2, 0.25) is 10.0 Å². The molecule has 0 atom stereocenters. The topological polar surface area (TPSA) is 99.8 Å². The molecular formula is C34H37FN4O4S. The molecule has 1 aliphatic rings. The van der Waals surface area contributed by atoms with Gasteiger partial charge in [0.05, 0.1) is 6.26 Å². The number of ether oxygens (including phenoxy) is 1. The number of benzene rings is 4. The minimum absolute atomic E-state index is 0.197. The second kappa shape index (κ2) is 14.0. The Balaban J connectivity index is 1.08. The molecule has 0 aromatic heterocycles. The number of piperidine rings is 1. The van der Waals surface area contributed by atoms with Crippen LogP contribution >= 0.6 is 0 Å². The summed E-state index contributed by atoms with van der Waals surface area (Å²) in [6, 6.07) is 26.8. The number of amides is 1. The number of likely N-dealkylation sites (tertiary alicyclic amines) is 1. The first-order chi connectivity index (χ1) is 21.1. The number of hydrogen-bond donors (Lipinski definition) is 3. The Hall–Kier alpha value is -4.25. The molecule has 1 saturated heterocycles. The monoisotopic (exact) mass is 616 g/mol.